The third-order valence-electron chi connectivity index (χ3n) is 7.41. The first-order valence-electron chi connectivity index (χ1n) is 14.7. The maximum atomic E-state index is 9.67. The van der Waals surface area contributed by atoms with Crippen LogP contribution in [0.2, 0.25) is 0 Å². The van der Waals surface area contributed by atoms with Crippen LogP contribution in [0.4, 0.5) is 13.2 Å². The van der Waals surface area contributed by atoms with Crippen molar-refractivity contribution in [2.45, 2.75) is 77.9 Å². The van der Waals surface area contributed by atoms with Gasteiger partial charge in [0, 0.05) is 25.0 Å². The normalized spacial score (nSPS) is 17.8. The Hall–Kier alpha value is -3.20. The van der Waals surface area contributed by atoms with Gasteiger partial charge in [0.1, 0.15) is 12.3 Å². The maximum absolute atomic E-state index is 9.67. The van der Waals surface area contributed by atoms with Gasteiger partial charge in [0.15, 0.2) is 7.85 Å². The number of hydrogen-bond acceptors (Lipinski definition) is 5. The summed E-state index contributed by atoms with van der Waals surface area (Å²) in [4.78, 5) is 22.4. The van der Waals surface area contributed by atoms with E-state index in [4.69, 9.17) is 17.6 Å². The maximum Gasteiger partial charge on any atom is 0.379 e. The molecule has 5 nitrogen and oxygen atoms in total. The molecule has 5 rings (SSSR count). The van der Waals surface area contributed by atoms with Gasteiger partial charge in [-0.1, -0.05) is 94.8 Å². The van der Waals surface area contributed by atoms with E-state index in [1.165, 1.54) is 57.4 Å². The van der Waals surface area contributed by atoms with Crippen molar-refractivity contribution in [2.75, 3.05) is 20.1 Å². The number of aromatic nitrogens is 1. The Balaban J connectivity index is 0.000000318. The number of carbonyl (C=O) groups is 1. The molecule has 1 fully saturated rings. The Bertz CT molecular complexity index is 1090. The molecule has 2 radical (unpaired) electrons. The lowest BCUT2D eigenvalue weighted by molar-refractivity contribution is -0.106. The third kappa shape index (κ3) is 11.2. The number of amidine groups is 1. The topological polar surface area (TPSA) is 48.8 Å². The Morgan fingerprint density at radius 3 is 2.26 bits per heavy atom. The van der Waals surface area contributed by atoms with Crippen LogP contribution in [0.15, 0.2) is 83.3 Å². The first-order valence-corrected chi connectivity index (χ1v) is 14.7. The minimum absolute atomic E-state index is 0.151. The van der Waals surface area contributed by atoms with E-state index in [0.29, 0.717) is 5.73 Å². The van der Waals surface area contributed by atoms with Gasteiger partial charge >= 0.3 is 6.68 Å². The predicted octanol–water partition coefficient (Wildman–Crippen LogP) is 7.86. The molecule has 0 spiro atoms. The van der Waals surface area contributed by atoms with Gasteiger partial charge in [0.25, 0.3) is 0 Å². The number of allylic oxidation sites excluding steroid dienone is 1. The Morgan fingerprint density at radius 2 is 1.69 bits per heavy atom. The van der Waals surface area contributed by atoms with Crippen molar-refractivity contribution in [3.05, 3.63) is 89.5 Å². The number of alkyl halides is 3. The molecule has 1 aromatic carbocycles. The molecule has 2 aliphatic heterocycles. The zero-order valence-electron chi connectivity index (χ0n) is 25.2. The molecule has 1 saturated carbocycles. The van der Waals surface area contributed by atoms with Crippen LogP contribution in [-0.4, -0.2) is 61.5 Å². The summed E-state index contributed by atoms with van der Waals surface area (Å²) < 4.78 is 29.0. The molecular weight excluding hydrogens is 536 g/mol. The second kappa shape index (κ2) is 19.1. The molecule has 0 N–H and O–H groups in total. The number of benzene rings is 1. The van der Waals surface area contributed by atoms with Crippen molar-refractivity contribution in [1.29, 1.82) is 0 Å². The number of likely N-dealkylation sites (N-methyl/N-ethyl adjacent to an activating group) is 1. The van der Waals surface area contributed by atoms with E-state index in [-0.39, 0.29) is 6.04 Å². The van der Waals surface area contributed by atoms with Crippen LogP contribution >= 0.6 is 0 Å². The predicted molar refractivity (Wildman–Crippen MR) is 166 cm³/mol. The van der Waals surface area contributed by atoms with Crippen LogP contribution in [0, 0.1) is 5.92 Å². The van der Waals surface area contributed by atoms with Crippen molar-refractivity contribution in [1.82, 2.24) is 14.8 Å². The standard InChI is InChI=1S/C21H21BN4.C9H18.C2H4O.CHF3/c1-15-17-11-13-25(2)14-19(17)24-21(22)26(15)20(16-8-4-3-5-9-16)18-10-6-7-12-23-18;1-2-6-9-7-4-3-5-8-9;1-2-3;2-1(3)4/h3-10,12,20H,1,11,13-14H2,2H3;9H,2-8H2,1H3;2H,1H3;1H. The minimum Gasteiger partial charge on any atom is -0.326 e. The number of nitrogens with zero attached hydrogens (tertiary/aromatic N) is 4. The fourth-order valence-corrected chi connectivity index (χ4v) is 5.56. The molecule has 9 heteroatoms. The molecule has 0 bridgehead atoms. The van der Waals surface area contributed by atoms with Gasteiger partial charge in [-0.05, 0) is 49.6 Å². The van der Waals surface area contributed by atoms with Crippen LogP contribution in [0.5, 0.6) is 0 Å². The number of halogens is 3. The minimum atomic E-state index is -3.67. The second-order valence-corrected chi connectivity index (χ2v) is 10.5. The average molecular weight is 581 g/mol. The molecule has 1 unspecified atom stereocenters. The van der Waals surface area contributed by atoms with Crippen molar-refractivity contribution in [3.8, 4) is 0 Å². The van der Waals surface area contributed by atoms with Crippen LogP contribution in [0.3, 0.4) is 0 Å². The zero-order valence-corrected chi connectivity index (χ0v) is 25.2. The van der Waals surface area contributed by atoms with E-state index < -0.39 is 6.68 Å². The van der Waals surface area contributed by atoms with Gasteiger partial charge in [-0.3, -0.25) is 9.98 Å². The lowest BCUT2D eigenvalue weighted by atomic mass is 9.86. The van der Waals surface area contributed by atoms with Crippen LogP contribution in [-0.2, 0) is 4.79 Å². The molecule has 2 aromatic rings. The molecular formula is C33H44BF3N4O. The summed E-state index contributed by atoms with van der Waals surface area (Å²) in [7, 11) is 8.53. The highest BCUT2D eigenvalue weighted by Gasteiger charge is 2.33. The lowest BCUT2D eigenvalue weighted by Crippen LogP contribution is -2.41. The molecule has 0 amide bonds. The Kier molecular flexibility index (Phi) is 15.9. The molecule has 3 heterocycles. The number of aldehydes is 1. The highest BCUT2D eigenvalue weighted by atomic mass is 19.4. The molecule has 226 valence electrons. The molecule has 1 aliphatic carbocycles. The van der Waals surface area contributed by atoms with Crippen LogP contribution in [0.25, 0.3) is 0 Å². The summed E-state index contributed by atoms with van der Waals surface area (Å²) >= 11 is 0. The largest absolute Gasteiger partial charge is 0.379 e. The van der Waals surface area contributed by atoms with Gasteiger partial charge in [0.05, 0.1) is 17.1 Å². The molecule has 42 heavy (non-hydrogen) atoms. The highest BCUT2D eigenvalue weighted by molar-refractivity contribution is 6.59. The summed E-state index contributed by atoms with van der Waals surface area (Å²) in [5.74, 6) is 1.10. The lowest BCUT2D eigenvalue weighted by Gasteiger charge is -2.41. The van der Waals surface area contributed by atoms with Crippen molar-refractivity contribution < 1.29 is 18.0 Å². The van der Waals surface area contributed by atoms with E-state index >= 15 is 0 Å². The molecule has 3 aliphatic rings. The quantitative estimate of drug-likeness (QED) is 0.267. The SMILES string of the molecule is CC=O.CCCC1CCCCC1.FC(F)F.[B]C1=NC2=C(CCN(C)C2)C(=C)N1C(c1ccccc1)c1ccccn1. The number of hydrogen-bond donors (Lipinski definition) is 0. The first kappa shape index (κ1) is 35.0. The summed E-state index contributed by atoms with van der Waals surface area (Å²) in [6, 6.07) is 16.1. The number of pyridine rings is 1. The van der Waals surface area contributed by atoms with Gasteiger partial charge in [0.2, 0.25) is 0 Å². The van der Waals surface area contributed by atoms with E-state index in [1.807, 2.05) is 47.5 Å². The average Bonchev–Trinajstić information content (AvgIpc) is 2.97. The van der Waals surface area contributed by atoms with E-state index in [1.54, 1.807) is 0 Å². The Morgan fingerprint density at radius 1 is 1.07 bits per heavy atom. The van der Waals surface area contributed by atoms with E-state index in [2.05, 4.69) is 42.6 Å². The molecule has 0 saturated heterocycles. The Labute approximate surface area is 251 Å². The summed E-state index contributed by atoms with van der Waals surface area (Å²) in [5.41, 5.74) is 5.68. The molecule has 1 aromatic heterocycles. The third-order valence-corrected chi connectivity index (χ3v) is 7.41. The number of aliphatic imine (C=N–C) groups is 1. The second-order valence-electron chi connectivity index (χ2n) is 10.5. The van der Waals surface area contributed by atoms with Crippen molar-refractivity contribution >= 4 is 19.9 Å². The zero-order chi connectivity index (χ0) is 30.9. The first-order chi connectivity index (χ1) is 20.2. The van der Waals surface area contributed by atoms with Gasteiger partial charge in [-0.25, -0.2) is 0 Å². The van der Waals surface area contributed by atoms with E-state index in [9.17, 15) is 13.2 Å². The fourth-order valence-electron chi connectivity index (χ4n) is 5.56. The number of carbonyl (C=O) groups excluding carboxylic acids is 1. The van der Waals surface area contributed by atoms with Gasteiger partial charge < -0.3 is 14.6 Å². The highest BCUT2D eigenvalue weighted by Crippen LogP contribution is 2.38. The van der Waals surface area contributed by atoms with Gasteiger partial charge in [-0.15, -0.1) is 0 Å². The summed E-state index contributed by atoms with van der Waals surface area (Å²) in [6.07, 6.45) is 13.9. The van der Waals surface area contributed by atoms with E-state index in [0.717, 1.165) is 54.4 Å². The van der Waals surface area contributed by atoms with Crippen LogP contribution < -0.4 is 0 Å². The van der Waals surface area contributed by atoms with Crippen LogP contribution in [0.1, 0.15) is 82.5 Å². The van der Waals surface area contributed by atoms with Crippen molar-refractivity contribution in [3.63, 3.8) is 0 Å². The van der Waals surface area contributed by atoms with Crippen molar-refractivity contribution in [2.24, 2.45) is 10.9 Å². The summed E-state index contributed by atoms with van der Waals surface area (Å²) in [6.45, 7) is 6.27. The van der Waals surface area contributed by atoms with Gasteiger partial charge in [-0.2, -0.15) is 13.2 Å². The molecule has 1 atom stereocenters. The monoisotopic (exact) mass is 580 g/mol. The summed E-state index contributed by atoms with van der Waals surface area (Å²) in [5, 5.41) is 0. The smallest absolute Gasteiger partial charge is 0.326 e. The number of rotatable bonds is 5. The fraction of sp³-hybridized carbons (Fsp3) is 0.485.